The van der Waals surface area contributed by atoms with Crippen molar-refractivity contribution in [2.45, 2.75) is 6.54 Å². The van der Waals surface area contributed by atoms with Gasteiger partial charge in [-0.05, 0) is 42.0 Å². The van der Waals surface area contributed by atoms with E-state index in [4.69, 9.17) is 16.7 Å². The first kappa shape index (κ1) is 19.3. The van der Waals surface area contributed by atoms with Gasteiger partial charge in [0.15, 0.2) is 5.82 Å². The first-order valence-electron chi connectivity index (χ1n) is 8.76. The Kier molecular flexibility index (Phi) is 5.03. The van der Waals surface area contributed by atoms with Crippen molar-refractivity contribution < 1.29 is 14.7 Å². The summed E-state index contributed by atoms with van der Waals surface area (Å²) >= 11 is 6.15. The lowest BCUT2D eigenvalue weighted by atomic mass is 10.1. The van der Waals surface area contributed by atoms with E-state index < -0.39 is 17.4 Å². The molecule has 150 valence electrons. The number of aromatic carboxylic acids is 1. The fourth-order valence-electron chi connectivity index (χ4n) is 3.07. The van der Waals surface area contributed by atoms with E-state index in [0.29, 0.717) is 32.9 Å². The van der Waals surface area contributed by atoms with E-state index in [1.807, 2.05) is 0 Å². The number of nitrogens with one attached hydrogen (secondary N) is 2. The summed E-state index contributed by atoms with van der Waals surface area (Å²) in [4.78, 5) is 42.9. The molecule has 0 fully saturated rings. The monoisotopic (exact) mass is 423 g/mol. The Hall–Kier alpha value is -3.98. The topological polar surface area (TPSA) is 130 Å². The highest BCUT2D eigenvalue weighted by atomic mass is 35.5. The van der Waals surface area contributed by atoms with E-state index in [9.17, 15) is 14.4 Å². The van der Waals surface area contributed by atoms with Crippen molar-refractivity contribution >= 4 is 34.4 Å². The Morgan fingerprint density at radius 3 is 2.73 bits per heavy atom. The second-order valence-electron chi connectivity index (χ2n) is 6.35. The highest BCUT2D eigenvalue weighted by Gasteiger charge is 2.16. The highest BCUT2D eigenvalue weighted by Crippen LogP contribution is 2.22. The zero-order valence-corrected chi connectivity index (χ0v) is 16.1. The van der Waals surface area contributed by atoms with Crippen LogP contribution in [0.15, 0.2) is 59.8 Å². The molecule has 4 rings (SSSR count). The van der Waals surface area contributed by atoms with Gasteiger partial charge in [-0.15, -0.1) is 0 Å². The Bertz CT molecular complexity index is 1330. The van der Waals surface area contributed by atoms with Gasteiger partial charge in [0.1, 0.15) is 5.56 Å². The first-order valence-corrected chi connectivity index (χ1v) is 9.14. The fourth-order valence-corrected chi connectivity index (χ4v) is 3.32. The molecule has 4 aromatic rings. The lowest BCUT2D eigenvalue weighted by Gasteiger charge is -2.11. The number of nitrogens with zero attached hydrogens (tertiary/aromatic N) is 3. The van der Waals surface area contributed by atoms with Crippen LogP contribution in [0.5, 0.6) is 0 Å². The minimum absolute atomic E-state index is 0.0473. The van der Waals surface area contributed by atoms with Crippen LogP contribution in [-0.2, 0) is 6.54 Å². The number of carboxylic acid groups (broad SMARTS) is 1. The van der Waals surface area contributed by atoms with E-state index in [2.05, 4.69) is 20.4 Å². The second kappa shape index (κ2) is 7.80. The number of amides is 1. The molecule has 9 nitrogen and oxygen atoms in total. The summed E-state index contributed by atoms with van der Waals surface area (Å²) in [5.41, 5.74) is 0.115. The van der Waals surface area contributed by atoms with Gasteiger partial charge in [0.2, 0.25) is 0 Å². The number of fused-ring (bicyclic) bond motifs is 1. The number of hydrogen-bond acceptors (Lipinski definition) is 5. The zero-order valence-electron chi connectivity index (χ0n) is 15.3. The van der Waals surface area contributed by atoms with Crippen molar-refractivity contribution in [3.05, 3.63) is 87.1 Å². The van der Waals surface area contributed by atoms with Gasteiger partial charge in [-0.25, -0.2) is 14.5 Å². The third-order valence-corrected chi connectivity index (χ3v) is 4.64. The zero-order chi connectivity index (χ0) is 21.3. The van der Waals surface area contributed by atoms with E-state index in [1.54, 1.807) is 48.9 Å². The molecule has 0 saturated carbocycles. The van der Waals surface area contributed by atoms with Crippen LogP contribution in [0.3, 0.4) is 0 Å². The van der Waals surface area contributed by atoms with Crippen molar-refractivity contribution in [1.29, 1.82) is 0 Å². The molecule has 1 amide bonds. The molecule has 3 N–H and O–H groups in total. The number of pyridine rings is 2. The molecule has 0 atom stereocenters. The average molecular weight is 424 g/mol. The van der Waals surface area contributed by atoms with Gasteiger partial charge in [0, 0.05) is 35.5 Å². The molecule has 1 aromatic carbocycles. The van der Waals surface area contributed by atoms with Crippen LogP contribution in [0.2, 0.25) is 5.02 Å². The molecule has 0 radical (unpaired) electrons. The third-order valence-electron chi connectivity index (χ3n) is 4.42. The summed E-state index contributed by atoms with van der Waals surface area (Å²) in [5, 5.41) is 16.8. The summed E-state index contributed by atoms with van der Waals surface area (Å²) in [7, 11) is 0. The Morgan fingerprint density at radius 2 is 2.00 bits per heavy atom. The number of carbonyl (C=O) groups is 2. The van der Waals surface area contributed by atoms with E-state index in [0.717, 1.165) is 0 Å². The number of carbonyl (C=O) groups excluding carboxylic acids is 1. The molecule has 0 aliphatic carbocycles. The molecule has 30 heavy (non-hydrogen) atoms. The van der Waals surface area contributed by atoms with Gasteiger partial charge in [-0.2, -0.15) is 5.10 Å². The van der Waals surface area contributed by atoms with Crippen LogP contribution in [0.1, 0.15) is 26.3 Å². The standard InChI is InChI=1S/C20H14ClN5O4/c21-13-7-11-9-15(20(29)30)19(28)25-16(11)12(8-13)10-23-18(27)14-3-1-4-22-17(14)26-6-2-5-24-26/h1-9H,10H2,(H,23,27)(H,25,28)(H,29,30). The van der Waals surface area contributed by atoms with Crippen molar-refractivity contribution in [3.8, 4) is 5.82 Å². The van der Waals surface area contributed by atoms with E-state index in [1.165, 1.54) is 10.7 Å². The smallest absolute Gasteiger partial charge is 0.341 e. The van der Waals surface area contributed by atoms with Gasteiger partial charge < -0.3 is 15.4 Å². The molecule has 0 saturated heterocycles. The summed E-state index contributed by atoms with van der Waals surface area (Å²) in [6.45, 7) is 0.0473. The highest BCUT2D eigenvalue weighted by molar-refractivity contribution is 6.31. The molecule has 0 aliphatic heterocycles. The van der Waals surface area contributed by atoms with E-state index >= 15 is 0 Å². The van der Waals surface area contributed by atoms with Gasteiger partial charge in [0.05, 0.1) is 11.1 Å². The maximum Gasteiger partial charge on any atom is 0.341 e. The van der Waals surface area contributed by atoms with Crippen LogP contribution >= 0.6 is 11.6 Å². The Balaban J connectivity index is 1.66. The Labute approximate surface area is 174 Å². The van der Waals surface area contributed by atoms with Crippen molar-refractivity contribution in [2.24, 2.45) is 0 Å². The van der Waals surface area contributed by atoms with Crippen molar-refractivity contribution in [1.82, 2.24) is 25.1 Å². The van der Waals surface area contributed by atoms with Crippen LogP contribution < -0.4 is 10.9 Å². The maximum atomic E-state index is 12.8. The molecular weight excluding hydrogens is 410 g/mol. The third kappa shape index (κ3) is 3.65. The predicted octanol–water partition coefficient (Wildman–Crippen LogP) is 2.39. The van der Waals surface area contributed by atoms with Crippen molar-refractivity contribution in [3.63, 3.8) is 0 Å². The molecule has 3 aromatic heterocycles. The molecule has 3 heterocycles. The number of aromatic nitrogens is 4. The quantitative estimate of drug-likeness (QED) is 0.452. The maximum absolute atomic E-state index is 12.8. The average Bonchev–Trinajstić information content (AvgIpc) is 3.26. The minimum atomic E-state index is -1.34. The largest absolute Gasteiger partial charge is 0.477 e. The lowest BCUT2D eigenvalue weighted by Crippen LogP contribution is -2.25. The number of halogens is 1. The van der Waals surface area contributed by atoms with Gasteiger partial charge in [-0.1, -0.05) is 11.6 Å². The van der Waals surface area contributed by atoms with Gasteiger partial charge >= 0.3 is 5.97 Å². The molecule has 0 aliphatic rings. The number of H-pyrrole nitrogens is 1. The second-order valence-corrected chi connectivity index (χ2v) is 6.79. The number of benzene rings is 1. The number of aromatic amines is 1. The van der Waals surface area contributed by atoms with Crippen LogP contribution in [0, 0.1) is 0 Å². The van der Waals surface area contributed by atoms with Crippen molar-refractivity contribution in [2.75, 3.05) is 0 Å². The summed E-state index contributed by atoms with van der Waals surface area (Å²) < 4.78 is 1.48. The van der Waals surface area contributed by atoms with E-state index in [-0.39, 0.29) is 12.1 Å². The molecule has 0 unspecified atom stereocenters. The number of carboxylic acids is 1. The van der Waals surface area contributed by atoms with Gasteiger partial charge in [0.25, 0.3) is 11.5 Å². The summed E-state index contributed by atoms with van der Waals surface area (Å²) in [6, 6.07) is 9.37. The Morgan fingerprint density at radius 1 is 1.17 bits per heavy atom. The predicted molar refractivity (Wildman–Crippen MR) is 109 cm³/mol. The molecular formula is C20H14ClN5O4. The normalized spacial score (nSPS) is 10.8. The summed E-state index contributed by atoms with van der Waals surface area (Å²) in [5.74, 6) is -1.36. The minimum Gasteiger partial charge on any atom is -0.477 e. The number of hydrogen-bond donors (Lipinski definition) is 3. The van der Waals surface area contributed by atoms with Gasteiger partial charge in [-0.3, -0.25) is 9.59 Å². The van der Waals surface area contributed by atoms with Crippen LogP contribution in [-0.4, -0.2) is 36.7 Å². The van der Waals surface area contributed by atoms with Crippen LogP contribution in [0.25, 0.3) is 16.7 Å². The SMILES string of the molecule is O=C(NCc1cc(Cl)cc2cc(C(=O)O)c(=O)[nH]c12)c1cccnc1-n1cccn1. The lowest BCUT2D eigenvalue weighted by molar-refractivity contribution is 0.0695. The molecule has 0 bridgehead atoms. The summed E-state index contributed by atoms with van der Waals surface area (Å²) in [6.07, 6.45) is 4.81. The first-order chi connectivity index (χ1) is 14.4. The number of rotatable bonds is 5. The molecule has 0 spiro atoms. The molecule has 10 heteroatoms. The fraction of sp³-hybridized carbons (Fsp3) is 0.0500. The van der Waals surface area contributed by atoms with Crippen LogP contribution in [0.4, 0.5) is 0 Å².